The average Bonchev–Trinajstić information content (AvgIpc) is 3.08. The molecule has 2 nitrogen and oxygen atoms in total. The van der Waals surface area contributed by atoms with E-state index in [9.17, 15) is 4.79 Å². The second-order valence-electron chi connectivity index (χ2n) is 15.3. The maximum Gasteiger partial charge on any atom is 0.302 e. The predicted octanol–water partition coefficient (Wildman–Crippen LogP) is 8.60. The van der Waals surface area contributed by atoms with Crippen molar-refractivity contribution >= 4 is 5.97 Å². The van der Waals surface area contributed by atoms with Crippen LogP contribution in [0, 0.1) is 56.7 Å². The lowest BCUT2D eigenvalue weighted by Gasteiger charge is -2.73. The van der Waals surface area contributed by atoms with E-state index in [1.165, 1.54) is 63.4 Å². The number of esters is 1. The summed E-state index contributed by atoms with van der Waals surface area (Å²) < 4.78 is 5.91. The van der Waals surface area contributed by atoms with Crippen LogP contribution in [-0.4, -0.2) is 12.1 Å². The number of hydrogen-bond acceptors (Lipinski definition) is 2. The molecule has 0 aromatic heterocycles. The third kappa shape index (κ3) is 3.08. The fourth-order valence-corrected chi connectivity index (χ4v) is 11.9. The van der Waals surface area contributed by atoms with E-state index in [4.69, 9.17) is 4.74 Å². The Hall–Kier alpha value is -0.790. The van der Waals surface area contributed by atoms with Gasteiger partial charge >= 0.3 is 5.97 Å². The molecule has 0 spiro atoms. The van der Waals surface area contributed by atoms with Crippen molar-refractivity contribution in [3.63, 3.8) is 0 Å². The smallest absolute Gasteiger partial charge is 0.302 e. The molecule has 0 amide bonds. The van der Waals surface area contributed by atoms with Gasteiger partial charge in [-0.2, -0.15) is 0 Å². The molecule has 0 N–H and O–H groups in total. The zero-order valence-corrected chi connectivity index (χ0v) is 23.6. The molecule has 34 heavy (non-hydrogen) atoms. The summed E-state index contributed by atoms with van der Waals surface area (Å²) in [6, 6.07) is 0. The average molecular weight is 469 g/mol. The molecule has 5 aliphatic carbocycles. The molecule has 192 valence electrons. The highest BCUT2D eigenvalue weighted by Crippen LogP contribution is 2.77. The highest BCUT2D eigenvalue weighted by Gasteiger charge is 2.70. The van der Waals surface area contributed by atoms with Crippen molar-refractivity contribution in [2.75, 3.05) is 0 Å². The second-order valence-corrected chi connectivity index (χ2v) is 15.3. The normalized spacial score (nSPS) is 53.6. The first-order chi connectivity index (χ1) is 15.7. The number of carbonyl (C=O) groups is 1. The number of fused-ring (bicyclic) bond motifs is 7. The summed E-state index contributed by atoms with van der Waals surface area (Å²) in [4.78, 5) is 11.9. The van der Waals surface area contributed by atoms with Crippen molar-refractivity contribution in [1.29, 1.82) is 0 Å². The number of allylic oxidation sites excluding steroid dienone is 1. The molecule has 10 atom stereocenters. The molecular weight excluding hydrogens is 416 g/mol. The quantitative estimate of drug-likeness (QED) is 0.299. The minimum Gasteiger partial charge on any atom is -0.462 e. The molecule has 0 bridgehead atoms. The Kier molecular flexibility index (Phi) is 5.57. The van der Waals surface area contributed by atoms with Crippen LogP contribution in [0.2, 0.25) is 0 Å². The molecule has 5 aliphatic rings. The third-order valence-corrected chi connectivity index (χ3v) is 13.7. The van der Waals surface area contributed by atoms with Crippen LogP contribution in [0.3, 0.4) is 0 Å². The Morgan fingerprint density at radius 3 is 2.12 bits per heavy atom. The van der Waals surface area contributed by atoms with E-state index in [2.05, 4.69) is 55.0 Å². The van der Waals surface area contributed by atoms with Crippen LogP contribution in [0.1, 0.15) is 120 Å². The summed E-state index contributed by atoms with van der Waals surface area (Å²) in [6.07, 6.45) is 13.4. The molecule has 0 radical (unpaired) electrons. The van der Waals surface area contributed by atoms with E-state index < -0.39 is 0 Å². The fourth-order valence-electron chi connectivity index (χ4n) is 11.9. The zero-order valence-electron chi connectivity index (χ0n) is 23.6. The minimum absolute atomic E-state index is 0.0550. The van der Waals surface area contributed by atoms with E-state index in [0.29, 0.717) is 27.6 Å². The molecular formula is C32H52O2. The van der Waals surface area contributed by atoms with Gasteiger partial charge < -0.3 is 4.74 Å². The maximum atomic E-state index is 11.9. The first-order valence-corrected chi connectivity index (χ1v) is 14.5. The van der Waals surface area contributed by atoms with Crippen LogP contribution < -0.4 is 0 Å². The monoisotopic (exact) mass is 468 g/mol. The van der Waals surface area contributed by atoms with Crippen molar-refractivity contribution in [3.05, 3.63) is 12.2 Å². The van der Waals surface area contributed by atoms with Gasteiger partial charge in [-0.1, -0.05) is 53.7 Å². The van der Waals surface area contributed by atoms with Crippen molar-refractivity contribution in [3.8, 4) is 0 Å². The summed E-state index contributed by atoms with van der Waals surface area (Å²) in [5.41, 5.74) is 3.23. The van der Waals surface area contributed by atoms with Crippen LogP contribution >= 0.6 is 0 Å². The largest absolute Gasteiger partial charge is 0.462 e. The zero-order chi connectivity index (χ0) is 24.9. The standard InChI is InChI=1S/C32H52O2/c1-20(2)22-12-15-29(6)18-19-31(8)23(27(22)29)10-11-25-30(7)16-14-26(34-21(3)33)28(4,5)24(30)13-17-32(25,31)9/h22-27H,1,10-19H2,2-9H3/t22-,23+,24-,25+,26?,27+,29+,30-,31+,32+/m0/s1. The van der Waals surface area contributed by atoms with Crippen LogP contribution in [0.4, 0.5) is 0 Å². The van der Waals surface area contributed by atoms with Crippen LogP contribution in [-0.2, 0) is 9.53 Å². The van der Waals surface area contributed by atoms with E-state index >= 15 is 0 Å². The van der Waals surface area contributed by atoms with Gasteiger partial charge in [0.1, 0.15) is 6.10 Å². The SMILES string of the molecule is C=C(C)[C@@H]1CC[C@]2(C)CC[C@]3(C)[C@H](CC[C@@H]4[C@@]5(C)CCC(OC(C)=O)C(C)(C)[C@@H]5CC[C@]43C)[C@@H]12. The molecule has 1 unspecified atom stereocenters. The highest BCUT2D eigenvalue weighted by molar-refractivity contribution is 5.66. The molecule has 0 aromatic rings. The van der Waals surface area contributed by atoms with Crippen LogP contribution in [0.5, 0.6) is 0 Å². The first kappa shape index (κ1) is 24.9. The number of ether oxygens (including phenoxy) is 1. The van der Waals surface area contributed by atoms with Gasteiger partial charge in [-0.25, -0.2) is 0 Å². The molecule has 5 saturated carbocycles. The second kappa shape index (κ2) is 7.61. The van der Waals surface area contributed by atoms with Gasteiger partial charge in [0.25, 0.3) is 0 Å². The topological polar surface area (TPSA) is 26.3 Å². The van der Waals surface area contributed by atoms with Gasteiger partial charge in [0.15, 0.2) is 0 Å². The van der Waals surface area contributed by atoms with Crippen molar-refractivity contribution < 1.29 is 9.53 Å². The summed E-state index contributed by atoms with van der Waals surface area (Å²) in [5, 5.41) is 0. The lowest BCUT2D eigenvalue weighted by molar-refractivity contribution is -0.248. The van der Waals surface area contributed by atoms with E-state index in [0.717, 1.165) is 30.1 Å². The van der Waals surface area contributed by atoms with Gasteiger partial charge in [0.2, 0.25) is 0 Å². The van der Waals surface area contributed by atoms with E-state index in [1.807, 2.05) is 0 Å². The van der Waals surface area contributed by atoms with Crippen molar-refractivity contribution in [2.45, 2.75) is 126 Å². The predicted molar refractivity (Wildman–Crippen MR) is 140 cm³/mol. The van der Waals surface area contributed by atoms with Crippen LogP contribution in [0.25, 0.3) is 0 Å². The lowest BCUT2D eigenvalue weighted by atomic mass is 9.32. The minimum atomic E-state index is -0.107. The van der Waals surface area contributed by atoms with Gasteiger partial charge in [-0.05, 0) is 122 Å². The van der Waals surface area contributed by atoms with E-state index in [-0.39, 0.29) is 17.5 Å². The van der Waals surface area contributed by atoms with Crippen molar-refractivity contribution in [1.82, 2.24) is 0 Å². The molecule has 5 fully saturated rings. The fraction of sp³-hybridized carbons (Fsp3) is 0.906. The summed E-state index contributed by atoms with van der Waals surface area (Å²) >= 11 is 0. The Labute approximate surface area is 210 Å². The van der Waals surface area contributed by atoms with Gasteiger partial charge in [0, 0.05) is 12.3 Å². The third-order valence-electron chi connectivity index (χ3n) is 13.7. The number of hydrogen-bond donors (Lipinski definition) is 0. The van der Waals surface area contributed by atoms with E-state index in [1.54, 1.807) is 6.92 Å². The Morgan fingerprint density at radius 1 is 0.765 bits per heavy atom. The van der Waals surface area contributed by atoms with Gasteiger partial charge in [-0.3, -0.25) is 4.79 Å². The Morgan fingerprint density at radius 2 is 1.47 bits per heavy atom. The molecule has 0 aromatic carbocycles. The molecule has 0 heterocycles. The van der Waals surface area contributed by atoms with Gasteiger partial charge in [-0.15, -0.1) is 0 Å². The molecule has 0 aliphatic heterocycles. The summed E-state index contributed by atoms with van der Waals surface area (Å²) in [5.74, 6) is 3.74. The molecule has 0 saturated heterocycles. The molecule has 5 rings (SSSR count). The highest BCUT2D eigenvalue weighted by atomic mass is 16.5. The van der Waals surface area contributed by atoms with Crippen molar-refractivity contribution in [2.24, 2.45) is 56.7 Å². The molecule has 2 heteroatoms. The Bertz CT molecular complexity index is 872. The maximum absolute atomic E-state index is 11.9. The summed E-state index contributed by atoms with van der Waals surface area (Å²) in [7, 11) is 0. The number of rotatable bonds is 2. The van der Waals surface area contributed by atoms with Gasteiger partial charge in [0.05, 0.1) is 0 Å². The lowest BCUT2D eigenvalue weighted by Crippen LogP contribution is -2.66. The first-order valence-electron chi connectivity index (χ1n) is 14.5. The van der Waals surface area contributed by atoms with Crippen LogP contribution in [0.15, 0.2) is 12.2 Å². The summed E-state index contributed by atoms with van der Waals surface area (Å²) in [6.45, 7) is 23.9. The number of carbonyl (C=O) groups excluding carboxylic acids is 1. The Balaban J connectivity index is 1.50.